The summed E-state index contributed by atoms with van der Waals surface area (Å²) < 4.78 is 15.8. The largest absolute Gasteiger partial charge is 0.381 e. The molecule has 0 spiro atoms. The molecule has 2 aliphatic heterocycles. The van der Waals surface area contributed by atoms with Crippen LogP contribution in [0, 0.1) is 12.8 Å². The summed E-state index contributed by atoms with van der Waals surface area (Å²) in [5, 5.41) is 7.98. The normalized spacial score (nSPS) is 19.5. The second-order valence-corrected chi connectivity index (χ2v) is 7.53. The maximum Gasteiger partial charge on any atom is 0.276 e. The highest BCUT2D eigenvalue weighted by Gasteiger charge is 2.26. The van der Waals surface area contributed by atoms with Crippen molar-refractivity contribution in [3.05, 3.63) is 29.2 Å². The van der Waals surface area contributed by atoms with E-state index >= 15 is 0 Å². The molecule has 8 heteroatoms. The number of piperidine rings is 1. The molecular formula is C19H26N4O4. The SMILES string of the molecule is Cc1cc(C(=O)N2CCC(CCc3noc(C4CCOCC4)n3)CC2)no1. The predicted molar refractivity (Wildman–Crippen MR) is 95.3 cm³/mol. The smallest absolute Gasteiger partial charge is 0.276 e. The summed E-state index contributed by atoms with van der Waals surface area (Å²) in [6.07, 6.45) is 5.75. The first-order valence-electron chi connectivity index (χ1n) is 9.82. The van der Waals surface area contributed by atoms with Gasteiger partial charge in [-0.3, -0.25) is 4.79 Å². The average Bonchev–Trinajstić information content (AvgIpc) is 3.36. The van der Waals surface area contributed by atoms with E-state index in [-0.39, 0.29) is 5.91 Å². The Hall–Kier alpha value is -2.22. The molecule has 0 radical (unpaired) electrons. The minimum atomic E-state index is -0.0374. The van der Waals surface area contributed by atoms with Crippen LogP contribution in [0.2, 0.25) is 0 Å². The van der Waals surface area contributed by atoms with Crippen molar-refractivity contribution in [1.29, 1.82) is 0 Å². The Labute approximate surface area is 158 Å². The third-order valence-electron chi connectivity index (χ3n) is 5.58. The minimum absolute atomic E-state index is 0.0374. The van der Waals surface area contributed by atoms with E-state index in [2.05, 4.69) is 15.3 Å². The first kappa shape index (κ1) is 18.2. The summed E-state index contributed by atoms with van der Waals surface area (Å²) in [7, 11) is 0. The fraction of sp³-hybridized carbons (Fsp3) is 0.684. The highest BCUT2D eigenvalue weighted by Crippen LogP contribution is 2.27. The van der Waals surface area contributed by atoms with Crippen molar-refractivity contribution in [3.8, 4) is 0 Å². The van der Waals surface area contributed by atoms with Gasteiger partial charge in [0, 0.05) is 44.7 Å². The van der Waals surface area contributed by atoms with Gasteiger partial charge >= 0.3 is 0 Å². The highest BCUT2D eigenvalue weighted by atomic mass is 16.5. The van der Waals surface area contributed by atoms with E-state index < -0.39 is 0 Å². The van der Waals surface area contributed by atoms with Crippen LogP contribution in [-0.4, -0.2) is 52.4 Å². The van der Waals surface area contributed by atoms with E-state index in [0.29, 0.717) is 23.3 Å². The third kappa shape index (κ3) is 4.37. The van der Waals surface area contributed by atoms with Crippen LogP contribution >= 0.6 is 0 Å². The van der Waals surface area contributed by atoms with E-state index in [0.717, 1.165) is 76.5 Å². The van der Waals surface area contributed by atoms with Crippen molar-refractivity contribution in [2.24, 2.45) is 5.92 Å². The molecule has 2 aliphatic rings. The lowest BCUT2D eigenvalue weighted by Gasteiger charge is -2.31. The molecule has 2 aromatic heterocycles. The number of carbonyl (C=O) groups is 1. The van der Waals surface area contributed by atoms with E-state index in [1.165, 1.54) is 0 Å². The van der Waals surface area contributed by atoms with Gasteiger partial charge in [-0.1, -0.05) is 10.3 Å². The number of aromatic nitrogens is 3. The summed E-state index contributed by atoms with van der Waals surface area (Å²) >= 11 is 0. The maximum absolute atomic E-state index is 12.4. The lowest BCUT2D eigenvalue weighted by molar-refractivity contribution is 0.0676. The molecule has 0 N–H and O–H groups in total. The summed E-state index contributed by atoms with van der Waals surface area (Å²) in [6, 6.07) is 1.70. The standard InChI is InChI=1S/C19H26N4O4/c1-13-12-16(21-26-13)19(24)23-8-4-14(5-9-23)2-3-17-20-18(27-22-17)15-6-10-25-11-7-15/h12,14-15H,2-11H2,1H3. The summed E-state index contributed by atoms with van der Waals surface area (Å²) in [6.45, 7) is 4.85. The fourth-order valence-electron chi connectivity index (χ4n) is 3.87. The van der Waals surface area contributed by atoms with Gasteiger partial charge in [-0.15, -0.1) is 0 Å². The number of hydrogen-bond donors (Lipinski definition) is 0. The molecule has 0 unspecified atom stereocenters. The van der Waals surface area contributed by atoms with Gasteiger partial charge < -0.3 is 18.7 Å². The fourth-order valence-corrected chi connectivity index (χ4v) is 3.87. The molecule has 2 saturated heterocycles. The van der Waals surface area contributed by atoms with Gasteiger partial charge in [0.15, 0.2) is 11.5 Å². The minimum Gasteiger partial charge on any atom is -0.381 e. The highest BCUT2D eigenvalue weighted by molar-refractivity contribution is 5.92. The van der Waals surface area contributed by atoms with Crippen LogP contribution in [0.3, 0.4) is 0 Å². The van der Waals surface area contributed by atoms with Crippen molar-refractivity contribution in [2.45, 2.75) is 51.4 Å². The molecule has 1 amide bonds. The van der Waals surface area contributed by atoms with Gasteiger partial charge in [0.05, 0.1) is 0 Å². The van der Waals surface area contributed by atoms with Crippen molar-refractivity contribution >= 4 is 5.91 Å². The Kier molecular flexibility index (Phi) is 5.52. The van der Waals surface area contributed by atoms with E-state index in [4.69, 9.17) is 13.8 Å². The molecule has 2 fully saturated rings. The zero-order valence-corrected chi connectivity index (χ0v) is 15.7. The average molecular weight is 374 g/mol. The predicted octanol–water partition coefficient (Wildman–Crippen LogP) is 2.75. The first-order chi connectivity index (χ1) is 13.2. The number of rotatable bonds is 5. The number of ether oxygens (including phenoxy) is 1. The maximum atomic E-state index is 12.4. The monoisotopic (exact) mass is 374 g/mol. The third-order valence-corrected chi connectivity index (χ3v) is 5.58. The molecule has 0 aromatic carbocycles. The number of aryl methyl sites for hydroxylation is 2. The molecule has 146 valence electrons. The van der Waals surface area contributed by atoms with Crippen LogP contribution in [0.5, 0.6) is 0 Å². The van der Waals surface area contributed by atoms with Crippen LogP contribution in [0.25, 0.3) is 0 Å². The zero-order valence-electron chi connectivity index (χ0n) is 15.7. The van der Waals surface area contributed by atoms with Gasteiger partial charge in [0.25, 0.3) is 5.91 Å². The number of amides is 1. The van der Waals surface area contributed by atoms with Crippen LogP contribution < -0.4 is 0 Å². The van der Waals surface area contributed by atoms with Gasteiger partial charge in [-0.2, -0.15) is 4.98 Å². The second-order valence-electron chi connectivity index (χ2n) is 7.53. The zero-order chi connectivity index (χ0) is 18.6. The molecule has 27 heavy (non-hydrogen) atoms. The quantitative estimate of drug-likeness (QED) is 0.794. The van der Waals surface area contributed by atoms with Crippen molar-refractivity contribution in [3.63, 3.8) is 0 Å². The van der Waals surface area contributed by atoms with Gasteiger partial charge in [0.1, 0.15) is 5.76 Å². The summed E-state index contributed by atoms with van der Waals surface area (Å²) in [4.78, 5) is 18.9. The lowest BCUT2D eigenvalue weighted by Crippen LogP contribution is -2.38. The van der Waals surface area contributed by atoms with Crippen molar-refractivity contribution < 1.29 is 18.6 Å². The molecule has 2 aromatic rings. The number of likely N-dealkylation sites (tertiary alicyclic amines) is 1. The van der Waals surface area contributed by atoms with Crippen LogP contribution in [0.15, 0.2) is 15.1 Å². The topological polar surface area (TPSA) is 94.5 Å². The summed E-state index contributed by atoms with van der Waals surface area (Å²) in [5.74, 6) is 3.11. The van der Waals surface area contributed by atoms with Crippen molar-refractivity contribution in [2.75, 3.05) is 26.3 Å². The van der Waals surface area contributed by atoms with E-state index in [1.54, 1.807) is 13.0 Å². The Balaban J connectivity index is 1.23. The number of hydrogen-bond acceptors (Lipinski definition) is 7. The molecular weight excluding hydrogens is 348 g/mol. The number of carbonyl (C=O) groups excluding carboxylic acids is 1. The summed E-state index contributed by atoms with van der Waals surface area (Å²) in [5.41, 5.74) is 0.401. The molecule has 4 rings (SSSR count). The molecule has 8 nitrogen and oxygen atoms in total. The van der Waals surface area contributed by atoms with E-state index in [1.807, 2.05) is 4.90 Å². The van der Waals surface area contributed by atoms with E-state index in [9.17, 15) is 4.79 Å². The Morgan fingerprint density at radius 1 is 1.15 bits per heavy atom. The number of nitrogens with zero attached hydrogens (tertiary/aromatic N) is 4. The van der Waals surface area contributed by atoms with Gasteiger partial charge in [-0.25, -0.2) is 0 Å². The lowest BCUT2D eigenvalue weighted by atomic mass is 9.92. The Morgan fingerprint density at radius 2 is 1.93 bits per heavy atom. The van der Waals surface area contributed by atoms with Gasteiger partial charge in [0.2, 0.25) is 5.89 Å². The van der Waals surface area contributed by atoms with Crippen LogP contribution in [0.1, 0.15) is 66.0 Å². The first-order valence-corrected chi connectivity index (χ1v) is 9.82. The van der Waals surface area contributed by atoms with Crippen LogP contribution in [-0.2, 0) is 11.2 Å². The molecule has 0 saturated carbocycles. The Morgan fingerprint density at radius 3 is 2.63 bits per heavy atom. The van der Waals surface area contributed by atoms with Crippen molar-refractivity contribution in [1.82, 2.24) is 20.2 Å². The molecule has 4 heterocycles. The van der Waals surface area contributed by atoms with Crippen LogP contribution in [0.4, 0.5) is 0 Å². The molecule has 0 bridgehead atoms. The Bertz CT molecular complexity index is 757. The molecule has 0 aliphatic carbocycles. The molecule has 0 atom stereocenters. The van der Waals surface area contributed by atoms with Gasteiger partial charge in [-0.05, 0) is 44.9 Å². The second kappa shape index (κ2) is 8.21.